The maximum atomic E-state index is 13.5. The maximum absolute atomic E-state index is 13.5. The lowest BCUT2D eigenvalue weighted by Crippen LogP contribution is -2.19. The van der Waals surface area contributed by atoms with Gasteiger partial charge >= 0.3 is 0 Å². The Balaban J connectivity index is 1.99. The first-order valence-electron chi connectivity index (χ1n) is 5.49. The third kappa shape index (κ3) is 3.07. The van der Waals surface area contributed by atoms with Gasteiger partial charge in [-0.3, -0.25) is 0 Å². The lowest BCUT2D eigenvalue weighted by molar-refractivity contribution is 0.527. The molecule has 1 heterocycles. The van der Waals surface area contributed by atoms with Crippen LogP contribution < -0.4 is 5.32 Å². The van der Waals surface area contributed by atoms with Crippen molar-refractivity contribution < 1.29 is 4.39 Å². The minimum atomic E-state index is -0.184. The second-order valence-corrected chi connectivity index (χ2v) is 3.87. The van der Waals surface area contributed by atoms with Crippen molar-refractivity contribution in [2.24, 2.45) is 0 Å². The Bertz CT molecular complexity index is 473. The van der Waals surface area contributed by atoms with Crippen LogP contribution in [0, 0.1) is 5.82 Å². The predicted octanol–water partition coefficient (Wildman–Crippen LogP) is 2.47. The van der Waals surface area contributed by atoms with Gasteiger partial charge in [-0.05, 0) is 13.0 Å². The largest absolute Gasteiger partial charge is 0.306 e. The van der Waals surface area contributed by atoms with Gasteiger partial charge < -0.3 is 5.32 Å². The molecule has 88 valence electrons. The Morgan fingerprint density at radius 1 is 1.24 bits per heavy atom. The molecule has 0 unspecified atom stereocenters. The van der Waals surface area contributed by atoms with Gasteiger partial charge in [-0.2, -0.15) is 0 Å². The van der Waals surface area contributed by atoms with Crippen LogP contribution in [0.15, 0.2) is 43.0 Å². The van der Waals surface area contributed by atoms with Gasteiger partial charge in [0.2, 0.25) is 0 Å². The van der Waals surface area contributed by atoms with Gasteiger partial charge in [0, 0.05) is 36.1 Å². The molecule has 1 atom stereocenters. The van der Waals surface area contributed by atoms with Gasteiger partial charge in [0.1, 0.15) is 12.1 Å². The van der Waals surface area contributed by atoms with Gasteiger partial charge in [0.05, 0.1) is 0 Å². The third-order valence-electron chi connectivity index (χ3n) is 2.60. The standard InChI is InChI=1S/C13H14FN3/c1-10(12-4-2-3-5-13(12)14)17-8-11-6-15-9-16-7-11/h2-7,9-10,17H,8H2,1H3/t10-/m1/s1. The predicted molar refractivity (Wildman–Crippen MR) is 63.7 cm³/mol. The Kier molecular flexibility index (Phi) is 3.77. The molecule has 1 aromatic heterocycles. The number of nitrogens with zero attached hydrogens (tertiary/aromatic N) is 2. The summed E-state index contributed by atoms with van der Waals surface area (Å²) < 4.78 is 13.5. The molecule has 0 bridgehead atoms. The molecule has 0 saturated heterocycles. The summed E-state index contributed by atoms with van der Waals surface area (Å²) in [5, 5.41) is 3.24. The van der Waals surface area contributed by atoms with E-state index in [4.69, 9.17) is 0 Å². The van der Waals surface area contributed by atoms with E-state index in [-0.39, 0.29) is 11.9 Å². The minimum Gasteiger partial charge on any atom is -0.306 e. The molecule has 0 spiro atoms. The molecule has 2 rings (SSSR count). The second-order valence-electron chi connectivity index (χ2n) is 3.87. The SMILES string of the molecule is C[C@@H](NCc1cncnc1)c1ccccc1F. The fraction of sp³-hybridized carbons (Fsp3) is 0.231. The number of aromatic nitrogens is 2. The van der Waals surface area contributed by atoms with Crippen LogP contribution in [0.3, 0.4) is 0 Å². The van der Waals surface area contributed by atoms with E-state index in [0.29, 0.717) is 12.1 Å². The number of rotatable bonds is 4. The molecule has 1 N–H and O–H groups in total. The summed E-state index contributed by atoms with van der Waals surface area (Å²) in [4.78, 5) is 7.86. The van der Waals surface area contributed by atoms with Crippen LogP contribution in [-0.2, 0) is 6.54 Å². The summed E-state index contributed by atoms with van der Waals surface area (Å²) in [5.41, 5.74) is 1.65. The summed E-state index contributed by atoms with van der Waals surface area (Å²) in [6.07, 6.45) is 4.98. The average molecular weight is 231 g/mol. The molecule has 0 fully saturated rings. The average Bonchev–Trinajstić information content (AvgIpc) is 2.38. The number of benzene rings is 1. The molecule has 0 aliphatic carbocycles. The molecular formula is C13H14FN3. The molecule has 3 nitrogen and oxygen atoms in total. The van der Waals surface area contributed by atoms with E-state index >= 15 is 0 Å². The summed E-state index contributed by atoms with van der Waals surface area (Å²) in [5.74, 6) is -0.184. The van der Waals surface area contributed by atoms with Crippen LogP contribution in [0.5, 0.6) is 0 Å². The van der Waals surface area contributed by atoms with E-state index in [0.717, 1.165) is 5.56 Å². The van der Waals surface area contributed by atoms with E-state index in [1.54, 1.807) is 24.5 Å². The minimum absolute atomic E-state index is 0.0450. The third-order valence-corrected chi connectivity index (χ3v) is 2.60. The summed E-state index contributed by atoms with van der Waals surface area (Å²) in [7, 11) is 0. The molecule has 1 aromatic carbocycles. The van der Waals surface area contributed by atoms with Crippen molar-refractivity contribution in [3.05, 3.63) is 59.9 Å². The Labute approximate surface area is 99.7 Å². The second kappa shape index (κ2) is 5.50. The van der Waals surface area contributed by atoms with Crippen molar-refractivity contribution in [1.82, 2.24) is 15.3 Å². The van der Waals surface area contributed by atoms with E-state index in [2.05, 4.69) is 15.3 Å². The zero-order valence-corrected chi connectivity index (χ0v) is 9.60. The number of hydrogen-bond acceptors (Lipinski definition) is 3. The molecule has 0 radical (unpaired) electrons. The zero-order valence-electron chi connectivity index (χ0n) is 9.60. The van der Waals surface area contributed by atoms with Crippen LogP contribution in [0.4, 0.5) is 4.39 Å². The van der Waals surface area contributed by atoms with Crippen molar-refractivity contribution in [1.29, 1.82) is 0 Å². The quantitative estimate of drug-likeness (QED) is 0.878. The van der Waals surface area contributed by atoms with Crippen LogP contribution in [-0.4, -0.2) is 9.97 Å². The highest BCUT2D eigenvalue weighted by atomic mass is 19.1. The maximum Gasteiger partial charge on any atom is 0.127 e. The first-order chi connectivity index (χ1) is 8.27. The van der Waals surface area contributed by atoms with Gasteiger partial charge in [-0.1, -0.05) is 18.2 Å². The normalized spacial score (nSPS) is 12.4. The Morgan fingerprint density at radius 3 is 2.65 bits per heavy atom. The monoisotopic (exact) mass is 231 g/mol. The highest BCUT2D eigenvalue weighted by molar-refractivity contribution is 5.20. The van der Waals surface area contributed by atoms with Gasteiger partial charge in [0.15, 0.2) is 0 Å². The smallest absolute Gasteiger partial charge is 0.127 e. The topological polar surface area (TPSA) is 37.8 Å². The number of hydrogen-bond donors (Lipinski definition) is 1. The fourth-order valence-corrected chi connectivity index (χ4v) is 1.63. The molecule has 0 aliphatic heterocycles. The van der Waals surface area contributed by atoms with Crippen LogP contribution in [0.2, 0.25) is 0 Å². The van der Waals surface area contributed by atoms with Gasteiger partial charge in [-0.15, -0.1) is 0 Å². The van der Waals surface area contributed by atoms with E-state index in [1.807, 2.05) is 13.0 Å². The van der Waals surface area contributed by atoms with E-state index < -0.39 is 0 Å². The van der Waals surface area contributed by atoms with Crippen molar-refractivity contribution in [2.45, 2.75) is 19.5 Å². The van der Waals surface area contributed by atoms with Crippen molar-refractivity contribution in [3.63, 3.8) is 0 Å². The Morgan fingerprint density at radius 2 is 1.94 bits per heavy atom. The highest BCUT2D eigenvalue weighted by Gasteiger charge is 2.09. The van der Waals surface area contributed by atoms with Crippen LogP contribution in [0.25, 0.3) is 0 Å². The van der Waals surface area contributed by atoms with Crippen LogP contribution in [0.1, 0.15) is 24.1 Å². The zero-order chi connectivity index (χ0) is 12.1. The summed E-state index contributed by atoms with van der Waals surface area (Å²) in [6, 6.07) is 6.74. The van der Waals surface area contributed by atoms with Crippen LogP contribution >= 0.6 is 0 Å². The first-order valence-corrected chi connectivity index (χ1v) is 5.49. The molecule has 0 saturated carbocycles. The molecule has 0 amide bonds. The van der Waals surface area contributed by atoms with Crippen molar-refractivity contribution >= 4 is 0 Å². The van der Waals surface area contributed by atoms with E-state index in [9.17, 15) is 4.39 Å². The Hall–Kier alpha value is -1.81. The summed E-state index contributed by atoms with van der Waals surface area (Å²) in [6.45, 7) is 2.55. The van der Waals surface area contributed by atoms with Gasteiger partial charge in [-0.25, -0.2) is 14.4 Å². The fourth-order valence-electron chi connectivity index (χ4n) is 1.63. The molecule has 17 heavy (non-hydrogen) atoms. The molecular weight excluding hydrogens is 217 g/mol. The lowest BCUT2D eigenvalue weighted by atomic mass is 10.1. The molecule has 4 heteroatoms. The van der Waals surface area contributed by atoms with Crippen molar-refractivity contribution in [2.75, 3.05) is 0 Å². The highest BCUT2D eigenvalue weighted by Crippen LogP contribution is 2.16. The number of halogens is 1. The lowest BCUT2D eigenvalue weighted by Gasteiger charge is -2.14. The molecule has 0 aliphatic rings. The van der Waals surface area contributed by atoms with Gasteiger partial charge in [0.25, 0.3) is 0 Å². The number of nitrogens with one attached hydrogen (secondary N) is 1. The summed E-state index contributed by atoms with van der Waals surface area (Å²) >= 11 is 0. The van der Waals surface area contributed by atoms with E-state index in [1.165, 1.54) is 12.4 Å². The first kappa shape index (κ1) is 11.7. The molecule has 2 aromatic rings. The van der Waals surface area contributed by atoms with Crippen molar-refractivity contribution in [3.8, 4) is 0 Å².